The Morgan fingerprint density at radius 2 is 1.96 bits per heavy atom. The standard InChI is InChI=1S/C34H31Cl2N3O5S2/c1-18(2)11-12-43-25-6-4-5-20(15-25)29-28(30(40)21-8-10-27-23(14-21)13-19(3)44-27)31(41)32(42)39(29)33-37-38-34(46-33)45-17-22-7-9-24(35)16-26(22)36/h4-10,14-16,18-19,29,40H,11-13,17H2,1-3H3/b30-28+/t19-,29-/m0/s1. The minimum Gasteiger partial charge on any atom is -0.507 e. The first-order valence-corrected chi connectivity index (χ1v) is 17.4. The van der Waals surface area contributed by atoms with Gasteiger partial charge >= 0.3 is 5.91 Å². The van der Waals surface area contributed by atoms with Gasteiger partial charge in [-0.2, -0.15) is 0 Å². The molecule has 1 saturated heterocycles. The van der Waals surface area contributed by atoms with Gasteiger partial charge in [0.05, 0.1) is 18.2 Å². The summed E-state index contributed by atoms with van der Waals surface area (Å²) in [6, 6.07) is 16.9. The van der Waals surface area contributed by atoms with E-state index in [0.717, 1.165) is 23.3 Å². The number of hydrogen-bond acceptors (Lipinski definition) is 9. The van der Waals surface area contributed by atoms with Gasteiger partial charge in [0.2, 0.25) is 5.13 Å². The van der Waals surface area contributed by atoms with Crippen molar-refractivity contribution < 1.29 is 24.2 Å². The molecule has 3 aromatic carbocycles. The van der Waals surface area contributed by atoms with Crippen molar-refractivity contribution in [3.63, 3.8) is 0 Å². The van der Waals surface area contributed by atoms with Crippen molar-refractivity contribution in [2.45, 2.75) is 55.9 Å². The zero-order valence-corrected chi connectivity index (χ0v) is 28.5. The minimum absolute atomic E-state index is 0.0107. The second-order valence-electron chi connectivity index (χ2n) is 11.6. The fourth-order valence-electron chi connectivity index (χ4n) is 5.39. The van der Waals surface area contributed by atoms with E-state index in [1.807, 2.05) is 37.3 Å². The van der Waals surface area contributed by atoms with E-state index in [-0.39, 0.29) is 22.6 Å². The molecule has 8 nitrogen and oxygen atoms in total. The molecule has 0 radical (unpaired) electrons. The second-order valence-corrected chi connectivity index (χ2v) is 14.6. The topological polar surface area (TPSA) is 102 Å². The predicted molar refractivity (Wildman–Crippen MR) is 182 cm³/mol. The Labute approximate surface area is 285 Å². The van der Waals surface area contributed by atoms with Crippen molar-refractivity contribution >= 4 is 68.9 Å². The maximum atomic E-state index is 13.7. The van der Waals surface area contributed by atoms with Gasteiger partial charge in [-0.25, -0.2) is 0 Å². The van der Waals surface area contributed by atoms with E-state index in [9.17, 15) is 14.7 Å². The number of aliphatic hydroxyl groups is 1. The number of Topliss-reactive ketones (excluding diaryl/α,β-unsaturated/α-hetero) is 1. The lowest BCUT2D eigenvalue weighted by Gasteiger charge is -2.23. The Hall–Kier alpha value is -3.57. The van der Waals surface area contributed by atoms with Crippen LogP contribution in [0.4, 0.5) is 5.13 Å². The number of thioether (sulfide) groups is 1. The Morgan fingerprint density at radius 3 is 2.74 bits per heavy atom. The third kappa shape index (κ3) is 6.76. The number of ether oxygens (including phenoxy) is 2. The highest BCUT2D eigenvalue weighted by molar-refractivity contribution is 8.00. The van der Waals surface area contributed by atoms with E-state index in [1.54, 1.807) is 30.3 Å². The predicted octanol–water partition coefficient (Wildman–Crippen LogP) is 8.51. The van der Waals surface area contributed by atoms with Crippen LogP contribution in [0.25, 0.3) is 5.76 Å². The third-order valence-corrected chi connectivity index (χ3v) is 10.4. The molecule has 2 aliphatic rings. The molecule has 1 amide bonds. The third-order valence-electron chi connectivity index (χ3n) is 7.72. The quantitative estimate of drug-likeness (QED) is 0.0579. The molecule has 1 N–H and O–H groups in total. The number of anilines is 1. The normalized spacial score (nSPS) is 18.7. The van der Waals surface area contributed by atoms with Crippen molar-refractivity contribution in [1.82, 2.24) is 10.2 Å². The molecule has 0 saturated carbocycles. The molecule has 12 heteroatoms. The highest BCUT2D eigenvalue weighted by atomic mass is 35.5. The number of aliphatic hydroxyl groups excluding tert-OH is 1. The van der Waals surface area contributed by atoms with Crippen molar-refractivity contribution in [3.8, 4) is 11.5 Å². The molecule has 4 aromatic rings. The van der Waals surface area contributed by atoms with Gasteiger partial charge in [-0.05, 0) is 78.4 Å². The Balaban J connectivity index is 1.37. The van der Waals surface area contributed by atoms with Crippen LogP contribution in [0.2, 0.25) is 10.0 Å². The molecule has 0 unspecified atom stereocenters. The van der Waals surface area contributed by atoms with Crippen LogP contribution in [-0.2, 0) is 21.8 Å². The van der Waals surface area contributed by atoms with E-state index in [0.29, 0.717) is 56.0 Å². The molecule has 2 aliphatic heterocycles. The maximum absolute atomic E-state index is 13.7. The van der Waals surface area contributed by atoms with Gasteiger partial charge in [0.1, 0.15) is 23.4 Å². The summed E-state index contributed by atoms with van der Waals surface area (Å²) in [5.74, 6) is 0.433. The number of aromatic nitrogens is 2. The molecule has 0 spiro atoms. The van der Waals surface area contributed by atoms with Gasteiger partial charge < -0.3 is 14.6 Å². The SMILES string of the molecule is CC(C)CCOc1cccc([C@H]2/C(=C(\O)c3ccc4c(c3)C[C@H](C)O4)C(=O)C(=O)N2c2nnc(SCc3ccc(Cl)cc3Cl)s2)c1. The number of carbonyl (C=O) groups excluding carboxylic acids is 2. The van der Waals surface area contributed by atoms with Crippen LogP contribution >= 0.6 is 46.3 Å². The number of amides is 1. The summed E-state index contributed by atoms with van der Waals surface area (Å²) >= 11 is 15.0. The molecule has 0 aliphatic carbocycles. The van der Waals surface area contributed by atoms with Crippen molar-refractivity contribution in [3.05, 3.63) is 98.5 Å². The average Bonchev–Trinajstić information content (AvgIpc) is 3.71. The summed E-state index contributed by atoms with van der Waals surface area (Å²) in [4.78, 5) is 28.8. The van der Waals surface area contributed by atoms with Gasteiger partial charge in [0.25, 0.3) is 5.78 Å². The molecule has 3 heterocycles. The number of fused-ring (bicyclic) bond motifs is 1. The lowest BCUT2D eigenvalue weighted by atomic mass is 9.94. The van der Waals surface area contributed by atoms with Gasteiger partial charge in [-0.15, -0.1) is 10.2 Å². The summed E-state index contributed by atoms with van der Waals surface area (Å²) in [5.41, 5.74) is 2.79. The Bertz CT molecular complexity index is 1840. The zero-order chi connectivity index (χ0) is 32.5. The van der Waals surface area contributed by atoms with Crippen LogP contribution in [0.15, 0.2) is 70.6 Å². The van der Waals surface area contributed by atoms with E-state index in [4.69, 9.17) is 32.7 Å². The number of hydrogen-bond donors (Lipinski definition) is 1. The fourth-order valence-corrected chi connectivity index (χ4v) is 7.82. The Kier molecular flexibility index (Phi) is 9.61. The number of benzene rings is 3. The van der Waals surface area contributed by atoms with Gasteiger partial charge in [-0.3, -0.25) is 14.5 Å². The molecule has 2 atom stereocenters. The molecule has 238 valence electrons. The van der Waals surface area contributed by atoms with Crippen molar-refractivity contribution in [2.75, 3.05) is 11.5 Å². The largest absolute Gasteiger partial charge is 0.507 e. The summed E-state index contributed by atoms with van der Waals surface area (Å²) < 4.78 is 12.4. The first-order chi connectivity index (χ1) is 22.1. The summed E-state index contributed by atoms with van der Waals surface area (Å²) in [6.07, 6.45) is 1.56. The number of nitrogens with zero attached hydrogens (tertiary/aromatic N) is 3. The van der Waals surface area contributed by atoms with Gasteiger partial charge in [-0.1, -0.05) is 78.3 Å². The average molecular weight is 697 g/mol. The van der Waals surface area contributed by atoms with E-state index in [2.05, 4.69) is 24.0 Å². The summed E-state index contributed by atoms with van der Waals surface area (Å²) in [5, 5.41) is 21.6. The number of carbonyl (C=O) groups is 2. The van der Waals surface area contributed by atoms with Crippen LogP contribution in [-0.4, -0.2) is 39.7 Å². The smallest absolute Gasteiger partial charge is 0.301 e. The molecule has 1 fully saturated rings. The molecule has 46 heavy (non-hydrogen) atoms. The lowest BCUT2D eigenvalue weighted by Crippen LogP contribution is -2.29. The highest BCUT2D eigenvalue weighted by Gasteiger charge is 2.48. The lowest BCUT2D eigenvalue weighted by molar-refractivity contribution is -0.132. The molecular weight excluding hydrogens is 665 g/mol. The second kappa shape index (κ2) is 13.7. The summed E-state index contributed by atoms with van der Waals surface area (Å²) in [7, 11) is 0. The first kappa shape index (κ1) is 32.4. The minimum atomic E-state index is -0.964. The first-order valence-electron chi connectivity index (χ1n) is 14.8. The van der Waals surface area contributed by atoms with E-state index >= 15 is 0 Å². The number of ketones is 1. The number of halogens is 2. The van der Waals surface area contributed by atoms with Crippen LogP contribution in [0, 0.1) is 5.92 Å². The van der Waals surface area contributed by atoms with Crippen molar-refractivity contribution in [1.29, 1.82) is 0 Å². The molecule has 1 aromatic heterocycles. The number of rotatable bonds is 10. The monoisotopic (exact) mass is 695 g/mol. The molecule has 0 bridgehead atoms. The highest BCUT2D eigenvalue weighted by Crippen LogP contribution is 2.45. The van der Waals surface area contributed by atoms with Crippen LogP contribution in [0.1, 0.15) is 55.5 Å². The molecular formula is C34H31Cl2N3O5S2. The zero-order valence-electron chi connectivity index (χ0n) is 25.3. The van der Waals surface area contributed by atoms with Gasteiger partial charge in [0, 0.05) is 27.8 Å². The van der Waals surface area contributed by atoms with Gasteiger partial charge in [0.15, 0.2) is 4.34 Å². The van der Waals surface area contributed by atoms with Crippen LogP contribution in [0.3, 0.4) is 0 Å². The van der Waals surface area contributed by atoms with Crippen LogP contribution < -0.4 is 14.4 Å². The maximum Gasteiger partial charge on any atom is 0.301 e. The van der Waals surface area contributed by atoms with Crippen LogP contribution in [0.5, 0.6) is 11.5 Å². The van der Waals surface area contributed by atoms with E-state index < -0.39 is 17.7 Å². The molecule has 6 rings (SSSR count). The summed E-state index contributed by atoms with van der Waals surface area (Å²) in [6.45, 7) is 6.74. The van der Waals surface area contributed by atoms with Crippen molar-refractivity contribution in [2.24, 2.45) is 5.92 Å². The fraction of sp³-hybridized carbons (Fsp3) is 0.294. The van der Waals surface area contributed by atoms with E-state index in [1.165, 1.54) is 28.0 Å². The Morgan fingerprint density at radius 1 is 1.13 bits per heavy atom.